The number of hydrogen-bond acceptors (Lipinski definition) is 5. The molecule has 0 amide bonds. The van der Waals surface area contributed by atoms with Crippen molar-refractivity contribution in [2.75, 3.05) is 5.73 Å². The van der Waals surface area contributed by atoms with Crippen LogP contribution in [0.25, 0.3) is 22.0 Å². The average Bonchev–Trinajstić information content (AvgIpc) is 2.79. The lowest BCUT2D eigenvalue weighted by atomic mass is 10.2. The molecule has 1 aromatic carbocycles. The highest BCUT2D eigenvalue weighted by Crippen LogP contribution is 2.32. The number of benzene rings is 1. The van der Waals surface area contributed by atoms with Crippen molar-refractivity contribution in [1.29, 1.82) is 0 Å². The fourth-order valence-electron chi connectivity index (χ4n) is 2.05. The number of thiazole rings is 1. The van der Waals surface area contributed by atoms with Gasteiger partial charge in [-0.1, -0.05) is 30.3 Å². The Bertz CT molecular complexity index is 750. The second kappa shape index (κ2) is 5.02. The van der Waals surface area contributed by atoms with E-state index < -0.39 is 0 Å². The number of hydrogen-bond donors (Lipinski definition) is 1. The van der Waals surface area contributed by atoms with Gasteiger partial charge in [0.05, 0.1) is 27.5 Å². The van der Waals surface area contributed by atoms with Crippen LogP contribution in [-0.4, -0.2) is 15.0 Å². The fourth-order valence-corrected chi connectivity index (χ4v) is 2.98. The molecule has 0 spiro atoms. The first-order valence-electron chi connectivity index (χ1n) is 6.27. The summed E-state index contributed by atoms with van der Waals surface area (Å²) in [5, 5.41) is 1.01. The van der Waals surface area contributed by atoms with E-state index in [2.05, 4.69) is 15.0 Å². The Balaban J connectivity index is 2.15. The largest absolute Gasteiger partial charge is 0.396 e. The first kappa shape index (κ1) is 12.7. The molecule has 0 saturated carbocycles. The predicted molar refractivity (Wildman–Crippen MR) is 82.5 cm³/mol. The van der Waals surface area contributed by atoms with Crippen LogP contribution in [0.4, 0.5) is 5.69 Å². The minimum atomic E-state index is 0.580. The maximum atomic E-state index is 6.03. The van der Waals surface area contributed by atoms with E-state index in [1.165, 1.54) is 0 Å². The molecule has 0 saturated heterocycles. The fraction of sp³-hybridized carbons (Fsp3) is 0.133. The number of rotatable bonds is 2. The van der Waals surface area contributed by atoms with E-state index in [9.17, 15) is 0 Å². The number of nitrogens with zero attached hydrogens (tertiary/aromatic N) is 3. The Labute approximate surface area is 121 Å². The molecule has 0 unspecified atom stereocenters. The van der Waals surface area contributed by atoms with Gasteiger partial charge in [-0.2, -0.15) is 0 Å². The van der Waals surface area contributed by atoms with Crippen LogP contribution in [0.5, 0.6) is 0 Å². The quantitative estimate of drug-likeness (QED) is 0.781. The Kier molecular flexibility index (Phi) is 3.20. The Hall–Kier alpha value is -2.27. The minimum absolute atomic E-state index is 0.580. The van der Waals surface area contributed by atoms with Gasteiger partial charge in [0.25, 0.3) is 0 Å². The van der Waals surface area contributed by atoms with Crippen LogP contribution in [0, 0.1) is 13.8 Å². The summed E-state index contributed by atoms with van der Waals surface area (Å²) in [6.45, 7) is 3.96. The summed E-state index contributed by atoms with van der Waals surface area (Å²) in [6.07, 6.45) is 1.67. The Morgan fingerprint density at radius 2 is 1.80 bits per heavy atom. The highest BCUT2D eigenvalue weighted by molar-refractivity contribution is 7.15. The number of aryl methyl sites for hydroxylation is 2. The van der Waals surface area contributed by atoms with Crippen molar-refractivity contribution in [3.63, 3.8) is 0 Å². The maximum Gasteiger partial charge on any atom is 0.159 e. The third kappa shape index (κ3) is 2.28. The van der Waals surface area contributed by atoms with E-state index >= 15 is 0 Å². The third-order valence-corrected chi connectivity index (χ3v) is 4.05. The van der Waals surface area contributed by atoms with Crippen molar-refractivity contribution >= 4 is 17.0 Å². The van der Waals surface area contributed by atoms with Crippen LogP contribution >= 0.6 is 11.3 Å². The number of nitrogen functional groups attached to an aromatic ring is 1. The van der Waals surface area contributed by atoms with Gasteiger partial charge < -0.3 is 5.73 Å². The van der Waals surface area contributed by atoms with E-state index in [1.54, 1.807) is 17.5 Å². The van der Waals surface area contributed by atoms with Gasteiger partial charge in [0.1, 0.15) is 5.69 Å². The van der Waals surface area contributed by atoms with Crippen LogP contribution < -0.4 is 5.73 Å². The molecule has 2 aromatic heterocycles. The Morgan fingerprint density at radius 1 is 1.05 bits per heavy atom. The highest BCUT2D eigenvalue weighted by atomic mass is 32.1. The molecule has 2 N–H and O–H groups in total. The smallest absolute Gasteiger partial charge is 0.159 e. The van der Waals surface area contributed by atoms with Crippen LogP contribution in [0.15, 0.2) is 36.5 Å². The number of aromatic nitrogens is 3. The number of nitrogens with two attached hydrogens (primary N) is 1. The molecule has 0 atom stereocenters. The van der Waals surface area contributed by atoms with Crippen molar-refractivity contribution < 1.29 is 0 Å². The zero-order valence-electron chi connectivity index (χ0n) is 11.3. The van der Waals surface area contributed by atoms with Crippen LogP contribution in [0.1, 0.15) is 10.7 Å². The maximum absolute atomic E-state index is 6.03. The van der Waals surface area contributed by atoms with Gasteiger partial charge in [-0.05, 0) is 13.8 Å². The zero-order valence-corrected chi connectivity index (χ0v) is 12.1. The van der Waals surface area contributed by atoms with E-state index in [-0.39, 0.29) is 0 Å². The lowest BCUT2D eigenvalue weighted by Gasteiger charge is -2.06. The summed E-state index contributed by atoms with van der Waals surface area (Å²) >= 11 is 1.60. The Morgan fingerprint density at radius 3 is 2.45 bits per heavy atom. The molecule has 3 aromatic rings. The molecule has 0 aliphatic rings. The van der Waals surface area contributed by atoms with Crippen molar-refractivity contribution in [2.45, 2.75) is 13.8 Å². The molecule has 0 aliphatic carbocycles. The van der Waals surface area contributed by atoms with Gasteiger partial charge in [0.15, 0.2) is 5.82 Å². The van der Waals surface area contributed by atoms with Crippen LogP contribution in [-0.2, 0) is 0 Å². The van der Waals surface area contributed by atoms with Crippen molar-refractivity contribution in [3.8, 4) is 22.0 Å². The second-order valence-electron chi connectivity index (χ2n) is 4.51. The molecule has 4 nitrogen and oxygen atoms in total. The molecular weight excluding hydrogens is 268 g/mol. The lowest BCUT2D eigenvalue weighted by molar-refractivity contribution is 1.17. The second-order valence-corrected chi connectivity index (χ2v) is 5.71. The molecule has 0 fully saturated rings. The normalized spacial score (nSPS) is 10.7. The first-order valence-corrected chi connectivity index (χ1v) is 7.09. The highest BCUT2D eigenvalue weighted by Gasteiger charge is 2.14. The minimum Gasteiger partial charge on any atom is -0.396 e. The standard InChI is InChI=1S/C15H14N4S/c1-9-14(20-10(2)18-9)13-12(16)8-17-15(19-13)11-6-4-3-5-7-11/h3-8H,16H2,1-2H3. The van der Waals surface area contributed by atoms with Gasteiger partial charge in [-0.3, -0.25) is 0 Å². The summed E-state index contributed by atoms with van der Waals surface area (Å²) in [5.41, 5.74) is 9.31. The van der Waals surface area contributed by atoms with Crippen molar-refractivity contribution in [2.24, 2.45) is 0 Å². The van der Waals surface area contributed by atoms with Gasteiger partial charge in [-0.15, -0.1) is 11.3 Å². The van der Waals surface area contributed by atoms with Gasteiger partial charge in [0.2, 0.25) is 0 Å². The molecule has 5 heteroatoms. The summed E-state index contributed by atoms with van der Waals surface area (Å²) in [4.78, 5) is 14.4. The van der Waals surface area contributed by atoms with Crippen molar-refractivity contribution in [1.82, 2.24) is 15.0 Å². The molecule has 20 heavy (non-hydrogen) atoms. The molecular formula is C15H14N4S. The van der Waals surface area contributed by atoms with E-state index in [1.807, 2.05) is 44.2 Å². The van der Waals surface area contributed by atoms with Gasteiger partial charge in [0, 0.05) is 5.56 Å². The zero-order chi connectivity index (χ0) is 14.1. The van der Waals surface area contributed by atoms with E-state index in [4.69, 9.17) is 5.73 Å². The van der Waals surface area contributed by atoms with Crippen LogP contribution in [0.3, 0.4) is 0 Å². The van der Waals surface area contributed by atoms with E-state index in [0.29, 0.717) is 11.5 Å². The third-order valence-electron chi connectivity index (χ3n) is 2.97. The van der Waals surface area contributed by atoms with Gasteiger partial charge >= 0.3 is 0 Å². The molecule has 0 aliphatic heterocycles. The average molecular weight is 282 g/mol. The molecule has 0 radical (unpaired) electrons. The van der Waals surface area contributed by atoms with Crippen molar-refractivity contribution in [3.05, 3.63) is 47.2 Å². The summed E-state index contributed by atoms with van der Waals surface area (Å²) in [5.74, 6) is 0.681. The molecule has 2 heterocycles. The number of anilines is 1. The summed E-state index contributed by atoms with van der Waals surface area (Å²) < 4.78 is 0. The van der Waals surface area contributed by atoms with Crippen LogP contribution in [0.2, 0.25) is 0 Å². The molecule has 3 rings (SSSR count). The SMILES string of the molecule is Cc1nc(C)c(-c2nc(-c3ccccc3)ncc2N)s1. The summed E-state index contributed by atoms with van der Waals surface area (Å²) in [6, 6.07) is 9.88. The topological polar surface area (TPSA) is 64.7 Å². The van der Waals surface area contributed by atoms with E-state index in [0.717, 1.165) is 26.8 Å². The lowest BCUT2D eigenvalue weighted by Crippen LogP contribution is -1.98. The summed E-state index contributed by atoms with van der Waals surface area (Å²) in [7, 11) is 0. The molecule has 100 valence electrons. The monoisotopic (exact) mass is 282 g/mol. The molecule has 0 bridgehead atoms. The first-order chi connectivity index (χ1) is 9.65. The predicted octanol–water partition coefficient (Wildman–Crippen LogP) is 3.47. The van der Waals surface area contributed by atoms with Gasteiger partial charge in [-0.25, -0.2) is 15.0 Å².